The van der Waals surface area contributed by atoms with Gasteiger partial charge in [-0.1, -0.05) is 12.8 Å². The highest BCUT2D eigenvalue weighted by atomic mass is 32.2. The van der Waals surface area contributed by atoms with E-state index in [4.69, 9.17) is 5.73 Å². The van der Waals surface area contributed by atoms with Crippen LogP contribution < -0.4 is 5.73 Å². The van der Waals surface area contributed by atoms with Crippen molar-refractivity contribution in [2.45, 2.75) is 43.9 Å². The highest BCUT2D eigenvalue weighted by molar-refractivity contribution is 7.98. The highest BCUT2D eigenvalue weighted by Crippen LogP contribution is 2.28. The first-order valence-electron chi connectivity index (χ1n) is 6.22. The Morgan fingerprint density at radius 3 is 3.00 bits per heavy atom. The minimum absolute atomic E-state index is 0.669. The van der Waals surface area contributed by atoms with Crippen LogP contribution in [-0.2, 0) is 5.75 Å². The number of hydrogen-bond donors (Lipinski definition) is 1. The first-order valence-corrected chi connectivity index (χ1v) is 7.37. The molecule has 0 aromatic carbocycles. The van der Waals surface area contributed by atoms with Crippen molar-refractivity contribution >= 4 is 11.8 Å². The van der Waals surface area contributed by atoms with Crippen molar-refractivity contribution in [1.29, 1.82) is 0 Å². The summed E-state index contributed by atoms with van der Waals surface area (Å²) >= 11 is 1.93. The summed E-state index contributed by atoms with van der Waals surface area (Å²) in [6, 6.07) is 2.83. The van der Waals surface area contributed by atoms with Crippen LogP contribution in [0, 0.1) is 0 Å². The fourth-order valence-corrected chi connectivity index (χ4v) is 3.07. The van der Waals surface area contributed by atoms with Crippen LogP contribution in [-0.4, -0.2) is 22.1 Å². The van der Waals surface area contributed by atoms with Crippen LogP contribution in [0.4, 0.5) is 0 Å². The Kier molecular flexibility index (Phi) is 4.72. The van der Waals surface area contributed by atoms with Gasteiger partial charge in [-0.15, -0.1) is 0 Å². The summed E-state index contributed by atoms with van der Waals surface area (Å²) in [7, 11) is 0. The van der Waals surface area contributed by atoms with Crippen LogP contribution in [0.2, 0.25) is 0 Å². The van der Waals surface area contributed by atoms with E-state index in [1.165, 1.54) is 31.4 Å². The highest BCUT2D eigenvalue weighted by Gasteiger charge is 2.17. The lowest BCUT2D eigenvalue weighted by Crippen LogP contribution is -2.05. The van der Waals surface area contributed by atoms with Crippen LogP contribution >= 0.6 is 11.8 Å². The molecule has 1 fully saturated rings. The van der Waals surface area contributed by atoms with Crippen molar-refractivity contribution in [3.8, 4) is 0 Å². The molecule has 1 aromatic heterocycles. The van der Waals surface area contributed by atoms with E-state index < -0.39 is 0 Å². The van der Waals surface area contributed by atoms with Gasteiger partial charge in [-0.3, -0.25) is 4.68 Å². The third-order valence-electron chi connectivity index (χ3n) is 3.11. The topological polar surface area (TPSA) is 43.8 Å². The third kappa shape index (κ3) is 3.25. The maximum Gasteiger partial charge on any atom is 0.0723 e. The van der Waals surface area contributed by atoms with Crippen molar-refractivity contribution in [3.63, 3.8) is 0 Å². The van der Waals surface area contributed by atoms with Crippen molar-refractivity contribution in [2.24, 2.45) is 5.73 Å². The van der Waals surface area contributed by atoms with Gasteiger partial charge < -0.3 is 5.73 Å². The summed E-state index contributed by atoms with van der Waals surface area (Å²) in [5, 5.41) is 4.65. The summed E-state index contributed by atoms with van der Waals surface area (Å²) in [6.45, 7) is 0.795. The Morgan fingerprint density at radius 1 is 1.44 bits per heavy atom. The monoisotopic (exact) mass is 239 g/mol. The Bertz CT molecular complexity index is 305. The molecule has 2 rings (SSSR count). The molecule has 1 aromatic rings. The smallest absolute Gasteiger partial charge is 0.0723 e. The Balaban J connectivity index is 1.77. The molecule has 1 heterocycles. The van der Waals surface area contributed by atoms with Gasteiger partial charge in [0.15, 0.2) is 0 Å². The number of nitrogens with two attached hydrogens (primary N) is 1. The van der Waals surface area contributed by atoms with Gasteiger partial charge in [-0.2, -0.15) is 16.9 Å². The molecule has 1 aliphatic rings. The molecule has 4 heteroatoms. The lowest BCUT2D eigenvalue weighted by molar-refractivity contribution is 0.464. The maximum atomic E-state index is 5.46. The largest absolute Gasteiger partial charge is 0.330 e. The summed E-state index contributed by atoms with van der Waals surface area (Å²) in [6.07, 6.45) is 8.60. The van der Waals surface area contributed by atoms with Crippen LogP contribution in [0.25, 0.3) is 0 Å². The molecule has 2 N–H and O–H groups in total. The van der Waals surface area contributed by atoms with E-state index in [0.717, 1.165) is 24.5 Å². The molecule has 3 nitrogen and oxygen atoms in total. The zero-order valence-electron chi connectivity index (χ0n) is 9.77. The number of hydrogen-bond acceptors (Lipinski definition) is 3. The molecule has 0 radical (unpaired) electrons. The van der Waals surface area contributed by atoms with Gasteiger partial charge in [-0.25, -0.2) is 0 Å². The van der Waals surface area contributed by atoms with Gasteiger partial charge in [0.25, 0.3) is 0 Å². The molecule has 1 aliphatic carbocycles. The summed E-state index contributed by atoms with van der Waals surface area (Å²) in [5.41, 5.74) is 6.68. The van der Waals surface area contributed by atoms with E-state index in [1.54, 1.807) is 0 Å². The fourth-order valence-electron chi connectivity index (χ4n) is 2.19. The second kappa shape index (κ2) is 6.30. The number of thioether (sulfide) groups is 1. The SMILES string of the molecule is NCCCSCc1ccn(C2CCCC2)n1. The molecular weight excluding hydrogens is 218 g/mol. The molecule has 0 atom stereocenters. The minimum atomic E-state index is 0.669. The summed E-state index contributed by atoms with van der Waals surface area (Å²) < 4.78 is 2.17. The molecule has 0 spiro atoms. The predicted octanol–water partition coefficient (Wildman–Crippen LogP) is 2.58. The lowest BCUT2D eigenvalue weighted by atomic mass is 10.3. The first kappa shape index (κ1) is 12.0. The van der Waals surface area contributed by atoms with E-state index in [0.29, 0.717) is 6.04 Å². The van der Waals surface area contributed by atoms with E-state index in [1.807, 2.05) is 11.8 Å². The normalized spacial score (nSPS) is 17.1. The van der Waals surface area contributed by atoms with Crippen molar-refractivity contribution in [3.05, 3.63) is 18.0 Å². The molecule has 0 bridgehead atoms. The van der Waals surface area contributed by atoms with Gasteiger partial charge in [0.2, 0.25) is 0 Å². The Labute approximate surface area is 102 Å². The van der Waals surface area contributed by atoms with Gasteiger partial charge in [-0.05, 0) is 37.6 Å². The van der Waals surface area contributed by atoms with Crippen molar-refractivity contribution in [1.82, 2.24) is 9.78 Å². The minimum Gasteiger partial charge on any atom is -0.330 e. The van der Waals surface area contributed by atoms with E-state index in [2.05, 4.69) is 22.0 Å². The van der Waals surface area contributed by atoms with Gasteiger partial charge >= 0.3 is 0 Å². The van der Waals surface area contributed by atoms with E-state index in [-0.39, 0.29) is 0 Å². The zero-order valence-corrected chi connectivity index (χ0v) is 10.6. The van der Waals surface area contributed by atoms with E-state index in [9.17, 15) is 0 Å². The average molecular weight is 239 g/mol. The van der Waals surface area contributed by atoms with Crippen LogP contribution in [0.1, 0.15) is 43.8 Å². The summed E-state index contributed by atoms with van der Waals surface area (Å²) in [5.74, 6) is 2.17. The Morgan fingerprint density at radius 2 is 2.25 bits per heavy atom. The van der Waals surface area contributed by atoms with Crippen LogP contribution in [0.3, 0.4) is 0 Å². The van der Waals surface area contributed by atoms with Gasteiger partial charge in [0.1, 0.15) is 0 Å². The maximum absolute atomic E-state index is 5.46. The van der Waals surface area contributed by atoms with Gasteiger partial charge in [0.05, 0.1) is 11.7 Å². The number of nitrogens with zero attached hydrogens (tertiary/aromatic N) is 2. The predicted molar refractivity (Wildman–Crippen MR) is 69.6 cm³/mol. The molecular formula is C12H21N3S. The molecule has 90 valence electrons. The first-order chi connectivity index (χ1) is 7.90. The molecule has 0 unspecified atom stereocenters. The molecule has 0 aliphatic heterocycles. The standard InChI is InChI=1S/C12H21N3S/c13-7-3-9-16-10-11-6-8-15(14-11)12-4-1-2-5-12/h6,8,12H,1-5,7,9-10,13H2. The summed E-state index contributed by atoms with van der Waals surface area (Å²) in [4.78, 5) is 0. The fraction of sp³-hybridized carbons (Fsp3) is 0.750. The number of aromatic nitrogens is 2. The van der Waals surface area contributed by atoms with Gasteiger partial charge in [0, 0.05) is 11.9 Å². The second-order valence-corrected chi connectivity index (χ2v) is 5.53. The zero-order chi connectivity index (χ0) is 11.2. The third-order valence-corrected chi connectivity index (χ3v) is 4.18. The van der Waals surface area contributed by atoms with Crippen molar-refractivity contribution < 1.29 is 0 Å². The molecule has 0 saturated heterocycles. The quantitative estimate of drug-likeness (QED) is 0.776. The van der Waals surface area contributed by atoms with Crippen LogP contribution in [0.15, 0.2) is 12.3 Å². The number of rotatable bonds is 6. The van der Waals surface area contributed by atoms with Crippen molar-refractivity contribution in [2.75, 3.05) is 12.3 Å². The lowest BCUT2D eigenvalue weighted by Gasteiger charge is -2.08. The average Bonchev–Trinajstić information content (AvgIpc) is 2.94. The Hall–Kier alpha value is -0.480. The van der Waals surface area contributed by atoms with E-state index >= 15 is 0 Å². The molecule has 0 amide bonds. The van der Waals surface area contributed by atoms with Crippen LogP contribution in [0.5, 0.6) is 0 Å². The molecule has 1 saturated carbocycles. The second-order valence-electron chi connectivity index (χ2n) is 4.42. The molecule has 16 heavy (non-hydrogen) atoms.